The standard InChI is InChI=1S/C13H11BrClNO2/c14-10-1-6-13(17)16(9-10)7-8-18-12-4-2-11(15)3-5-12/h1-6,9H,7-8H2. The van der Waals surface area contributed by atoms with E-state index < -0.39 is 0 Å². The fraction of sp³-hybridized carbons (Fsp3) is 0.154. The van der Waals surface area contributed by atoms with Gasteiger partial charge in [0.15, 0.2) is 0 Å². The van der Waals surface area contributed by atoms with Gasteiger partial charge in [-0.2, -0.15) is 0 Å². The lowest BCUT2D eigenvalue weighted by atomic mass is 10.3. The fourth-order valence-electron chi connectivity index (χ4n) is 1.47. The molecular weight excluding hydrogens is 318 g/mol. The Kier molecular flexibility index (Phi) is 4.44. The van der Waals surface area contributed by atoms with Gasteiger partial charge in [0.2, 0.25) is 0 Å². The maximum absolute atomic E-state index is 11.5. The van der Waals surface area contributed by atoms with Gasteiger partial charge in [0, 0.05) is 21.8 Å². The Balaban J connectivity index is 1.94. The predicted molar refractivity (Wildman–Crippen MR) is 75.3 cm³/mol. The molecule has 0 aliphatic heterocycles. The average molecular weight is 329 g/mol. The van der Waals surface area contributed by atoms with Gasteiger partial charge in [-0.1, -0.05) is 11.6 Å². The molecule has 0 saturated carbocycles. The molecule has 0 saturated heterocycles. The van der Waals surface area contributed by atoms with Gasteiger partial charge in [-0.15, -0.1) is 0 Å². The Hall–Kier alpha value is -1.26. The number of benzene rings is 1. The summed E-state index contributed by atoms with van der Waals surface area (Å²) in [5.74, 6) is 0.738. The molecule has 1 aromatic heterocycles. The van der Waals surface area contributed by atoms with Gasteiger partial charge in [0.25, 0.3) is 5.56 Å². The molecule has 0 amide bonds. The molecular formula is C13H11BrClNO2. The zero-order valence-corrected chi connectivity index (χ0v) is 11.8. The molecule has 2 aromatic rings. The quantitative estimate of drug-likeness (QED) is 0.862. The molecule has 94 valence electrons. The van der Waals surface area contributed by atoms with Crippen molar-refractivity contribution in [3.8, 4) is 5.75 Å². The molecule has 0 N–H and O–H groups in total. The molecule has 0 radical (unpaired) electrons. The van der Waals surface area contributed by atoms with Gasteiger partial charge in [0.1, 0.15) is 12.4 Å². The summed E-state index contributed by atoms with van der Waals surface area (Å²) in [5.41, 5.74) is -0.0436. The number of pyridine rings is 1. The maximum atomic E-state index is 11.5. The summed E-state index contributed by atoms with van der Waals surface area (Å²) >= 11 is 9.10. The van der Waals surface area contributed by atoms with Crippen LogP contribution in [0.2, 0.25) is 5.02 Å². The van der Waals surface area contributed by atoms with Crippen molar-refractivity contribution < 1.29 is 4.74 Å². The van der Waals surface area contributed by atoms with Crippen LogP contribution in [-0.2, 0) is 6.54 Å². The second-order valence-corrected chi connectivity index (χ2v) is 5.03. The second-order valence-electron chi connectivity index (χ2n) is 3.68. The summed E-state index contributed by atoms with van der Waals surface area (Å²) < 4.78 is 7.99. The molecule has 0 aliphatic rings. The largest absolute Gasteiger partial charge is 0.492 e. The van der Waals surface area contributed by atoms with Crippen molar-refractivity contribution in [3.63, 3.8) is 0 Å². The summed E-state index contributed by atoms with van der Waals surface area (Å²) in [6.07, 6.45) is 1.74. The normalized spacial score (nSPS) is 10.3. The molecule has 5 heteroatoms. The smallest absolute Gasteiger partial charge is 0.250 e. The minimum atomic E-state index is -0.0436. The number of ether oxygens (including phenoxy) is 1. The Morgan fingerprint density at radius 3 is 2.61 bits per heavy atom. The van der Waals surface area contributed by atoms with Gasteiger partial charge < -0.3 is 9.30 Å². The summed E-state index contributed by atoms with van der Waals surface area (Å²) in [6, 6.07) is 10.4. The number of aromatic nitrogens is 1. The molecule has 0 spiro atoms. The molecule has 0 bridgehead atoms. The van der Waals surface area contributed by atoms with Crippen molar-refractivity contribution >= 4 is 27.5 Å². The molecule has 1 aromatic carbocycles. The maximum Gasteiger partial charge on any atom is 0.250 e. The highest BCUT2D eigenvalue weighted by atomic mass is 79.9. The molecule has 1 heterocycles. The van der Waals surface area contributed by atoms with Crippen LogP contribution in [0, 0.1) is 0 Å². The number of rotatable bonds is 4. The zero-order chi connectivity index (χ0) is 13.0. The molecule has 0 fully saturated rings. The Morgan fingerprint density at radius 2 is 1.89 bits per heavy atom. The average Bonchev–Trinajstić information content (AvgIpc) is 2.36. The van der Waals surface area contributed by atoms with Gasteiger partial charge in [-0.3, -0.25) is 4.79 Å². The zero-order valence-electron chi connectivity index (χ0n) is 9.48. The first-order valence-corrected chi connectivity index (χ1v) is 6.56. The summed E-state index contributed by atoms with van der Waals surface area (Å²) in [5, 5.41) is 0.672. The first kappa shape index (κ1) is 13.2. The molecule has 3 nitrogen and oxygen atoms in total. The lowest BCUT2D eigenvalue weighted by molar-refractivity contribution is 0.296. The first-order valence-electron chi connectivity index (χ1n) is 5.39. The highest BCUT2D eigenvalue weighted by Crippen LogP contribution is 2.15. The van der Waals surface area contributed by atoms with E-state index in [0.717, 1.165) is 10.2 Å². The van der Waals surface area contributed by atoms with E-state index in [-0.39, 0.29) is 5.56 Å². The van der Waals surface area contributed by atoms with Crippen LogP contribution in [0.25, 0.3) is 0 Å². The predicted octanol–water partition coefficient (Wildman–Crippen LogP) is 3.34. The third kappa shape index (κ3) is 3.62. The van der Waals surface area contributed by atoms with E-state index in [0.29, 0.717) is 18.2 Å². The fourth-order valence-corrected chi connectivity index (χ4v) is 1.97. The number of nitrogens with zero attached hydrogens (tertiary/aromatic N) is 1. The molecule has 0 aliphatic carbocycles. The molecule has 2 rings (SSSR count). The van der Waals surface area contributed by atoms with Crippen LogP contribution in [0.3, 0.4) is 0 Å². The van der Waals surface area contributed by atoms with Crippen LogP contribution in [0.5, 0.6) is 5.75 Å². The van der Waals surface area contributed by atoms with Crippen molar-refractivity contribution in [3.05, 3.63) is 62.4 Å². The van der Waals surface area contributed by atoms with Crippen LogP contribution in [0.1, 0.15) is 0 Å². The van der Waals surface area contributed by atoms with Crippen molar-refractivity contribution in [2.45, 2.75) is 6.54 Å². The van der Waals surface area contributed by atoms with Gasteiger partial charge >= 0.3 is 0 Å². The Morgan fingerprint density at radius 1 is 1.17 bits per heavy atom. The van der Waals surface area contributed by atoms with Gasteiger partial charge in [0.05, 0.1) is 6.54 Å². The van der Waals surface area contributed by atoms with Crippen molar-refractivity contribution in [1.82, 2.24) is 4.57 Å². The van der Waals surface area contributed by atoms with Gasteiger partial charge in [-0.05, 0) is 46.3 Å². The number of hydrogen-bond acceptors (Lipinski definition) is 2. The van der Waals surface area contributed by atoms with E-state index in [1.807, 2.05) is 0 Å². The van der Waals surface area contributed by atoms with Crippen LogP contribution in [-0.4, -0.2) is 11.2 Å². The minimum Gasteiger partial charge on any atom is -0.492 e. The van der Waals surface area contributed by atoms with E-state index in [4.69, 9.17) is 16.3 Å². The number of halogens is 2. The molecule has 18 heavy (non-hydrogen) atoms. The minimum absolute atomic E-state index is 0.0436. The summed E-state index contributed by atoms with van der Waals surface area (Å²) in [6.45, 7) is 0.929. The lowest BCUT2D eigenvalue weighted by Gasteiger charge is -2.08. The first-order chi connectivity index (χ1) is 8.65. The summed E-state index contributed by atoms with van der Waals surface area (Å²) in [7, 11) is 0. The SMILES string of the molecule is O=c1ccc(Br)cn1CCOc1ccc(Cl)cc1. The van der Waals surface area contributed by atoms with E-state index in [9.17, 15) is 4.79 Å². The van der Waals surface area contributed by atoms with E-state index in [1.54, 1.807) is 41.1 Å². The summed E-state index contributed by atoms with van der Waals surface area (Å²) in [4.78, 5) is 11.5. The van der Waals surface area contributed by atoms with Crippen LogP contribution < -0.4 is 10.3 Å². The topological polar surface area (TPSA) is 31.2 Å². The Bertz CT molecular complexity index is 580. The van der Waals surface area contributed by atoms with E-state index in [1.165, 1.54) is 6.07 Å². The third-order valence-corrected chi connectivity index (χ3v) is 3.08. The third-order valence-electron chi connectivity index (χ3n) is 2.36. The monoisotopic (exact) mass is 327 g/mol. The van der Waals surface area contributed by atoms with E-state index >= 15 is 0 Å². The van der Waals surface area contributed by atoms with Crippen LogP contribution in [0.4, 0.5) is 0 Å². The lowest BCUT2D eigenvalue weighted by Crippen LogP contribution is -2.21. The van der Waals surface area contributed by atoms with Crippen LogP contribution >= 0.6 is 27.5 Å². The molecule has 0 atom stereocenters. The Labute approximate surface area is 118 Å². The van der Waals surface area contributed by atoms with Gasteiger partial charge in [-0.25, -0.2) is 0 Å². The highest BCUT2D eigenvalue weighted by molar-refractivity contribution is 9.10. The van der Waals surface area contributed by atoms with Crippen molar-refractivity contribution in [1.29, 1.82) is 0 Å². The highest BCUT2D eigenvalue weighted by Gasteiger charge is 1.98. The van der Waals surface area contributed by atoms with Crippen LogP contribution in [0.15, 0.2) is 51.9 Å². The number of hydrogen-bond donors (Lipinski definition) is 0. The van der Waals surface area contributed by atoms with E-state index in [2.05, 4.69) is 15.9 Å². The van der Waals surface area contributed by atoms with Crippen molar-refractivity contribution in [2.24, 2.45) is 0 Å². The molecule has 0 unspecified atom stereocenters. The van der Waals surface area contributed by atoms with Crippen molar-refractivity contribution in [2.75, 3.05) is 6.61 Å². The second kappa shape index (κ2) is 6.07.